The lowest BCUT2D eigenvalue weighted by Crippen LogP contribution is -2.17. The van der Waals surface area contributed by atoms with Crippen LogP contribution in [0.3, 0.4) is 0 Å². The number of rotatable bonds is 2. The second-order valence-corrected chi connectivity index (χ2v) is 5.91. The molecule has 2 aromatic rings. The molecule has 0 saturated heterocycles. The molecule has 1 aliphatic rings. The quantitative estimate of drug-likeness (QED) is 0.858. The molecule has 21 heavy (non-hydrogen) atoms. The van der Waals surface area contributed by atoms with Gasteiger partial charge in [0.15, 0.2) is 0 Å². The smallest absolute Gasteiger partial charge is 0.134 e. The summed E-state index contributed by atoms with van der Waals surface area (Å²) in [7, 11) is 0. The van der Waals surface area contributed by atoms with Crippen molar-refractivity contribution < 1.29 is 5.11 Å². The van der Waals surface area contributed by atoms with Gasteiger partial charge in [0, 0.05) is 11.6 Å². The Morgan fingerprint density at radius 2 is 1.90 bits per heavy atom. The highest BCUT2D eigenvalue weighted by atomic mass is 35.5. The van der Waals surface area contributed by atoms with Crippen LogP contribution >= 0.6 is 23.2 Å². The molecule has 0 radical (unpaired) electrons. The molecule has 0 fully saturated rings. The van der Waals surface area contributed by atoms with Gasteiger partial charge in [0.2, 0.25) is 0 Å². The molecule has 0 amide bonds. The summed E-state index contributed by atoms with van der Waals surface area (Å²) in [6, 6.07) is 14.0. The number of hydrogen-bond acceptors (Lipinski definition) is 2. The molecule has 0 bridgehead atoms. The molecular weight excluding hydrogens is 305 g/mol. The lowest BCUT2D eigenvalue weighted by molar-refractivity contribution is 0.309. The number of nitrogens with zero attached hydrogens (tertiary/aromatic N) is 1. The van der Waals surface area contributed by atoms with E-state index in [2.05, 4.69) is 17.1 Å². The molecule has 2 nitrogen and oxygen atoms in total. The highest BCUT2D eigenvalue weighted by Crippen LogP contribution is 2.38. The Bertz CT molecular complexity index is 697. The van der Waals surface area contributed by atoms with E-state index in [0.717, 1.165) is 24.1 Å². The van der Waals surface area contributed by atoms with Crippen molar-refractivity contribution in [2.24, 2.45) is 4.99 Å². The first-order valence-corrected chi connectivity index (χ1v) is 7.64. The number of aliphatic hydroxyl groups is 1. The van der Waals surface area contributed by atoms with E-state index < -0.39 is 0 Å². The summed E-state index contributed by atoms with van der Waals surface area (Å²) >= 11 is 12.2. The molecule has 0 aliphatic heterocycles. The van der Waals surface area contributed by atoms with E-state index in [0.29, 0.717) is 10.0 Å². The van der Waals surface area contributed by atoms with E-state index in [1.54, 1.807) is 0 Å². The number of benzene rings is 2. The Kier molecular flexibility index (Phi) is 4.29. The van der Waals surface area contributed by atoms with Crippen molar-refractivity contribution in [1.29, 1.82) is 0 Å². The minimum absolute atomic E-state index is 0.166. The SMILES string of the molecule is OC/N=C1\CCC(c2ccc(Cl)c(Cl)c2)c2ccccc21. The van der Waals surface area contributed by atoms with Gasteiger partial charge in [-0.3, -0.25) is 4.99 Å². The van der Waals surface area contributed by atoms with Crippen molar-refractivity contribution in [3.8, 4) is 0 Å². The van der Waals surface area contributed by atoms with Crippen LogP contribution in [0.15, 0.2) is 47.5 Å². The fourth-order valence-electron chi connectivity index (χ4n) is 2.96. The van der Waals surface area contributed by atoms with Crippen LogP contribution in [0.25, 0.3) is 0 Å². The minimum Gasteiger partial charge on any atom is -0.375 e. The van der Waals surface area contributed by atoms with Gasteiger partial charge in [-0.1, -0.05) is 53.5 Å². The normalized spacial score (nSPS) is 19.6. The third kappa shape index (κ3) is 2.84. The Labute approximate surface area is 134 Å². The molecule has 0 saturated carbocycles. The molecular formula is C17H15Cl2NO. The topological polar surface area (TPSA) is 32.6 Å². The summed E-state index contributed by atoms with van der Waals surface area (Å²) in [5.74, 6) is 0.286. The summed E-state index contributed by atoms with van der Waals surface area (Å²) in [5.41, 5.74) is 4.49. The Balaban J connectivity index is 2.07. The molecule has 1 atom stereocenters. The van der Waals surface area contributed by atoms with Crippen LogP contribution in [-0.4, -0.2) is 17.5 Å². The predicted octanol–water partition coefficient (Wildman–Crippen LogP) is 4.66. The van der Waals surface area contributed by atoms with E-state index >= 15 is 0 Å². The molecule has 0 heterocycles. The van der Waals surface area contributed by atoms with Crippen LogP contribution in [-0.2, 0) is 0 Å². The third-order valence-corrected chi connectivity index (χ3v) is 4.66. The second-order valence-electron chi connectivity index (χ2n) is 5.10. The van der Waals surface area contributed by atoms with Crippen molar-refractivity contribution in [2.75, 3.05) is 6.73 Å². The molecule has 2 aromatic carbocycles. The van der Waals surface area contributed by atoms with E-state index in [1.165, 1.54) is 11.1 Å². The standard InChI is InChI=1S/C17H15Cl2NO/c18-15-7-5-11(9-16(15)19)12-6-8-17(20-10-21)14-4-2-1-3-13(12)14/h1-5,7,9,12,21H,6,8,10H2/b20-17+. The van der Waals surface area contributed by atoms with E-state index in [9.17, 15) is 0 Å². The van der Waals surface area contributed by atoms with Gasteiger partial charge < -0.3 is 5.11 Å². The highest BCUT2D eigenvalue weighted by Gasteiger charge is 2.25. The van der Waals surface area contributed by atoms with Crippen molar-refractivity contribution in [3.05, 3.63) is 69.2 Å². The van der Waals surface area contributed by atoms with Crippen LogP contribution in [0.2, 0.25) is 10.0 Å². The van der Waals surface area contributed by atoms with Gasteiger partial charge in [-0.15, -0.1) is 0 Å². The lowest BCUT2D eigenvalue weighted by Gasteiger charge is -2.27. The Morgan fingerprint density at radius 1 is 1.10 bits per heavy atom. The zero-order valence-electron chi connectivity index (χ0n) is 11.4. The molecule has 0 spiro atoms. The number of fused-ring (bicyclic) bond motifs is 1. The number of aliphatic imine (C=N–C) groups is 1. The second kappa shape index (κ2) is 6.18. The molecule has 108 valence electrons. The zero-order valence-corrected chi connectivity index (χ0v) is 12.9. The third-order valence-electron chi connectivity index (χ3n) is 3.92. The van der Waals surface area contributed by atoms with Gasteiger partial charge in [-0.2, -0.15) is 0 Å². The summed E-state index contributed by atoms with van der Waals surface area (Å²) in [5, 5.41) is 10.2. The molecule has 1 aliphatic carbocycles. The Morgan fingerprint density at radius 3 is 2.67 bits per heavy atom. The highest BCUT2D eigenvalue weighted by molar-refractivity contribution is 6.42. The van der Waals surface area contributed by atoms with Crippen molar-refractivity contribution in [3.63, 3.8) is 0 Å². The molecule has 0 aromatic heterocycles. The van der Waals surface area contributed by atoms with Gasteiger partial charge in [-0.05, 0) is 41.7 Å². The van der Waals surface area contributed by atoms with Crippen LogP contribution in [0, 0.1) is 0 Å². The van der Waals surface area contributed by atoms with Crippen LogP contribution in [0.1, 0.15) is 35.4 Å². The van der Waals surface area contributed by atoms with Gasteiger partial charge in [0.25, 0.3) is 0 Å². The average molecular weight is 320 g/mol. The van der Waals surface area contributed by atoms with Crippen molar-refractivity contribution in [2.45, 2.75) is 18.8 Å². The number of aliphatic hydroxyl groups excluding tert-OH is 1. The van der Waals surface area contributed by atoms with Crippen LogP contribution in [0.5, 0.6) is 0 Å². The fourth-order valence-corrected chi connectivity index (χ4v) is 3.27. The fraction of sp³-hybridized carbons (Fsp3) is 0.235. The van der Waals surface area contributed by atoms with Crippen molar-refractivity contribution >= 4 is 28.9 Å². The van der Waals surface area contributed by atoms with Gasteiger partial charge in [0.05, 0.1) is 10.0 Å². The molecule has 1 unspecified atom stereocenters. The van der Waals surface area contributed by atoms with Gasteiger partial charge in [0.1, 0.15) is 6.73 Å². The first-order chi connectivity index (χ1) is 10.2. The predicted molar refractivity (Wildman–Crippen MR) is 87.6 cm³/mol. The van der Waals surface area contributed by atoms with Crippen LogP contribution in [0.4, 0.5) is 0 Å². The maximum absolute atomic E-state index is 9.07. The largest absolute Gasteiger partial charge is 0.375 e. The summed E-state index contributed by atoms with van der Waals surface area (Å²) < 4.78 is 0. The monoisotopic (exact) mass is 319 g/mol. The van der Waals surface area contributed by atoms with Gasteiger partial charge in [-0.25, -0.2) is 0 Å². The van der Waals surface area contributed by atoms with Gasteiger partial charge >= 0.3 is 0 Å². The molecule has 3 rings (SSSR count). The lowest BCUT2D eigenvalue weighted by atomic mass is 9.78. The maximum atomic E-state index is 9.07. The van der Waals surface area contributed by atoms with E-state index in [4.69, 9.17) is 28.3 Å². The molecule has 1 N–H and O–H groups in total. The number of halogens is 2. The Hall–Kier alpha value is -1.35. The summed E-state index contributed by atoms with van der Waals surface area (Å²) in [6.45, 7) is -0.166. The average Bonchev–Trinajstić information content (AvgIpc) is 2.51. The maximum Gasteiger partial charge on any atom is 0.134 e. The number of hydrogen-bond donors (Lipinski definition) is 1. The minimum atomic E-state index is -0.166. The summed E-state index contributed by atoms with van der Waals surface area (Å²) in [6.07, 6.45) is 1.80. The zero-order chi connectivity index (χ0) is 14.8. The van der Waals surface area contributed by atoms with Crippen LogP contribution < -0.4 is 0 Å². The summed E-state index contributed by atoms with van der Waals surface area (Å²) in [4.78, 5) is 4.21. The first-order valence-electron chi connectivity index (χ1n) is 6.89. The van der Waals surface area contributed by atoms with E-state index in [1.807, 2.05) is 30.3 Å². The first kappa shape index (κ1) is 14.6. The van der Waals surface area contributed by atoms with Crippen molar-refractivity contribution in [1.82, 2.24) is 0 Å². The molecule has 4 heteroatoms. The van der Waals surface area contributed by atoms with E-state index in [-0.39, 0.29) is 12.6 Å².